The van der Waals surface area contributed by atoms with Crippen molar-refractivity contribution in [1.29, 1.82) is 0 Å². The zero-order valence-electron chi connectivity index (χ0n) is 10.6. The highest BCUT2D eigenvalue weighted by molar-refractivity contribution is 5.16. The molecule has 0 spiro atoms. The molecule has 0 bridgehead atoms. The maximum atomic E-state index is 12.7. The van der Waals surface area contributed by atoms with Crippen LogP contribution in [0.2, 0.25) is 0 Å². The number of morpholine rings is 1. The van der Waals surface area contributed by atoms with Crippen LogP contribution in [0.5, 0.6) is 0 Å². The SMILES string of the molecule is Fc1ccc(CCNCCC2COCCN2)cc1. The van der Waals surface area contributed by atoms with Gasteiger partial charge in [0.1, 0.15) is 5.82 Å². The number of nitrogens with one attached hydrogen (secondary N) is 2. The fourth-order valence-corrected chi connectivity index (χ4v) is 2.09. The molecule has 1 atom stereocenters. The molecule has 1 aromatic rings. The Morgan fingerprint density at radius 3 is 2.83 bits per heavy atom. The third-order valence-corrected chi connectivity index (χ3v) is 3.17. The van der Waals surface area contributed by atoms with Crippen LogP contribution in [0.3, 0.4) is 0 Å². The molecule has 0 aromatic heterocycles. The lowest BCUT2D eigenvalue weighted by molar-refractivity contribution is 0.0743. The van der Waals surface area contributed by atoms with E-state index in [2.05, 4.69) is 10.6 Å². The first-order valence-electron chi connectivity index (χ1n) is 6.61. The van der Waals surface area contributed by atoms with Gasteiger partial charge in [0.25, 0.3) is 0 Å². The van der Waals surface area contributed by atoms with Crippen LogP contribution in [0.15, 0.2) is 24.3 Å². The molecule has 1 aromatic carbocycles. The molecule has 1 unspecified atom stereocenters. The highest BCUT2D eigenvalue weighted by Gasteiger charge is 2.11. The van der Waals surface area contributed by atoms with E-state index in [1.54, 1.807) is 0 Å². The van der Waals surface area contributed by atoms with Crippen molar-refractivity contribution in [2.45, 2.75) is 18.9 Å². The molecule has 0 saturated carbocycles. The first-order valence-corrected chi connectivity index (χ1v) is 6.61. The zero-order chi connectivity index (χ0) is 12.6. The summed E-state index contributed by atoms with van der Waals surface area (Å²) in [4.78, 5) is 0. The summed E-state index contributed by atoms with van der Waals surface area (Å²) in [7, 11) is 0. The first-order chi connectivity index (χ1) is 8.84. The van der Waals surface area contributed by atoms with Crippen LogP contribution in [0.4, 0.5) is 4.39 Å². The number of halogens is 1. The van der Waals surface area contributed by atoms with Gasteiger partial charge in [-0.1, -0.05) is 12.1 Å². The average molecular weight is 252 g/mol. The first kappa shape index (κ1) is 13.5. The lowest BCUT2D eigenvalue weighted by Gasteiger charge is -2.23. The van der Waals surface area contributed by atoms with Gasteiger partial charge in [0.15, 0.2) is 0 Å². The lowest BCUT2D eigenvalue weighted by Crippen LogP contribution is -2.42. The molecule has 3 nitrogen and oxygen atoms in total. The Balaban J connectivity index is 1.54. The molecule has 0 aliphatic carbocycles. The van der Waals surface area contributed by atoms with E-state index in [1.165, 1.54) is 17.7 Å². The van der Waals surface area contributed by atoms with E-state index in [0.29, 0.717) is 6.04 Å². The van der Waals surface area contributed by atoms with Gasteiger partial charge < -0.3 is 15.4 Å². The molecule has 2 rings (SSSR count). The molecule has 1 heterocycles. The summed E-state index contributed by atoms with van der Waals surface area (Å²) in [6, 6.07) is 7.19. The summed E-state index contributed by atoms with van der Waals surface area (Å²) in [5.74, 6) is -0.171. The van der Waals surface area contributed by atoms with Crippen LogP contribution >= 0.6 is 0 Å². The molecule has 4 heteroatoms. The van der Waals surface area contributed by atoms with E-state index >= 15 is 0 Å². The summed E-state index contributed by atoms with van der Waals surface area (Å²) >= 11 is 0. The second-order valence-corrected chi connectivity index (χ2v) is 4.64. The Morgan fingerprint density at radius 2 is 2.11 bits per heavy atom. The third-order valence-electron chi connectivity index (χ3n) is 3.17. The van der Waals surface area contributed by atoms with Crippen molar-refractivity contribution >= 4 is 0 Å². The highest BCUT2D eigenvalue weighted by Crippen LogP contribution is 2.03. The van der Waals surface area contributed by atoms with Gasteiger partial charge in [-0.3, -0.25) is 0 Å². The highest BCUT2D eigenvalue weighted by atomic mass is 19.1. The Morgan fingerprint density at radius 1 is 1.28 bits per heavy atom. The van der Waals surface area contributed by atoms with E-state index in [0.717, 1.165) is 45.7 Å². The Labute approximate surface area is 108 Å². The largest absolute Gasteiger partial charge is 0.379 e. The van der Waals surface area contributed by atoms with E-state index in [-0.39, 0.29) is 5.82 Å². The maximum Gasteiger partial charge on any atom is 0.123 e. The predicted octanol–water partition coefficient (Wildman–Crippen LogP) is 1.34. The third kappa shape index (κ3) is 4.72. The van der Waals surface area contributed by atoms with Crippen LogP contribution < -0.4 is 10.6 Å². The fourth-order valence-electron chi connectivity index (χ4n) is 2.09. The van der Waals surface area contributed by atoms with Crippen LogP contribution in [-0.2, 0) is 11.2 Å². The van der Waals surface area contributed by atoms with E-state index in [9.17, 15) is 4.39 Å². The van der Waals surface area contributed by atoms with Crippen molar-refractivity contribution in [2.24, 2.45) is 0 Å². The standard InChI is InChI=1S/C14H21FN2O/c15-13-3-1-12(2-4-13)5-7-16-8-6-14-11-18-10-9-17-14/h1-4,14,16-17H,5-11H2. The molecule has 18 heavy (non-hydrogen) atoms. The van der Waals surface area contributed by atoms with Gasteiger partial charge in [-0.15, -0.1) is 0 Å². The van der Waals surface area contributed by atoms with Crippen LogP contribution in [0.1, 0.15) is 12.0 Å². The minimum atomic E-state index is -0.171. The molecule has 1 aliphatic heterocycles. The van der Waals surface area contributed by atoms with Crippen LogP contribution in [-0.4, -0.2) is 38.9 Å². The lowest BCUT2D eigenvalue weighted by atomic mass is 10.1. The summed E-state index contributed by atoms with van der Waals surface area (Å²) < 4.78 is 18.1. The van der Waals surface area contributed by atoms with Gasteiger partial charge in [-0.25, -0.2) is 4.39 Å². The van der Waals surface area contributed by atoms with Crippen LogP contribution in [0.25, 0.3) is 0 Å². The van der Waals surface area contributed by atoms with E-state index < -0.39 is 0 Å². The Bertz CT molecular complexity index is 336. The van der Waals surface area contributed by atoms with Crippen molar-refractivity contribution < 1.29 is 9.13 Å². The van der Waals surface area contributed by atoms with Gasteiger partial charge in [0.2, 0.25) is 0 Å². The number of hydrogen-bond donors (Lipinski definition) is 2. The van der Waals surface area contributed by atoms with E-state index in [1.807, 2.05) is 12.1 Å². The molecule has 1 fully saturated rings. The van der Waals surface area contributed by atoms with Crippen LogP contribution in [0, 0.1) is 5.82 Å². The van der Waals surface area contributed by atoms with Crippen molar-refractivity contribution in [3.8, 4) is 0 Å². The monoisotopic (exact) mass is 252 g/mol. The molecule has 1 aliphatic rings. The van der Waals surface area contributed by atoms with Gasteiger partial charge >= 0.3 is 0 Å². The Hall–Kier alpha value is -0.970. The average Bonchev–Trinajstić information content (AvgIpc) is 2.42. The summed E-state index contributed by atoms with van der Waals surface area (Å²) in [6.45, 7) is 4.52. The second-order valence-electron chi connectivity index (χ2n) is 4.64. The second kappa shape index (κ2) is 7.46. The zero-order valence-corrected chi connectivity index (χ0v) is 10.6. The number of rotatable bonds is 6. The fraction of sp³-hybridized carbons (Fsp3) is 0.571. The normalized spacial score (nSPS) is 19.9. The van der Waals surface area contributed by atoms with Gasteiger partial charge in [0.05, 0.1) is 13.2 Å². The van der Waals surface area contributed by atoms with Crippen molar-refractivity contribution in [2.75, 3.05) is 32.8 Å². The predicted molar refractivity (Wildman–Crippen MR) is 70.2 cm³/mol. The van der Waals surface area contributed by atoms with E-state index in [4.69, 9.17) is 4.74 Å². The summed E-state index contributed by atoms with van der Waals surface area (Å²) in [6.07, 6.45) is 2.03. The van der Waals surface area contributed by atoms with Crippen molar-refractivity contribution in [1.82, 2.24) is 10.6 Å². The smallest absolute Gasteiger partial charge is 0.123 e. The van der Waals surface area contributed by atoms with Gasteiger partial charge in [0, 0.05) is 12.6 Å². The van der Waals surface area contributed by atoms with Crippen molar-refractivity contribution in [3.05, 3.63) is 35.6 Å². The molecule has 1 saturated heterocycles. The number of ether oxygens (including phenoxy) is 1. The molecular formula is C14H21FN2O. The number of benzene rings is 1. The summed E-state index contributed by atoms with van der Waals surface area (Å²) in [5.41, 5.74) is 1.17. The molecule has 100 valence electrons. The minimum Gasteiger partial charge on any atom is -0.379 e. The minimum absolute atomic E-state index is 0.171. The molecule has 0 radical (unpaired) electrons. The number of hydrogen-bond acceptors (Lipinski definition) is 3. The van der Waals surface area contributed by atoms with Gasteiger partial charge in [-0.05, 0) is 43.6 Å². The Kier molecular flexibility index (Phi) is 5.58. The topological polar surface area (TPSA) is 33.3 Å². The summed E-state index contributed by atoms with van der Waals surface area (Å²) in [5, 5.41) is 6.83. The van der Waals surface area contributed by atoms with Crippen molar-refractivity contribution in [3.63, 3.8) is 0 Å². The maximum absolute atomic E-state index is 12.7. The quantitative estimate of drug-likeness (QED) is 0.750. The molecule has 2 N–H and O–H groups in total. The molecular weight excluding hydrogens is 231 g/mol. The van der Waals surface area contributed by atoms with Gasteiger partial charge in [-0.2, -0.15) is 0 Å². The molecule has 0 amide bonds.